The van der Waals surface area contributed by atoms with Crippen LogP contribution in [0.15, 0.2) is 0 Å². The molecule has 4 nitrogen and oxygen atoms in total. The Labute approximate surface area is 96.3 Å². The molecule has 0 N–H and O–H groups in total. The normalized spacial score (nSPS) is 18.9. The zero-order chi connectivity index (χ0) is 12.0. The fourth-order valence-corrected chi connectivity index (χ4v) is 2.34. The van der Waals surface area contributed by atoms with Gasteiger partial charge in [-0.2, -0.15) is 0 Å². The lowest BCUT2D eigenvalue weighted by atomic mass is 9.81. The van der Waals surface area contributed by atoms with Crippen LogP contribution in [0, 0.1) is 0 Å². The zero-order valence-corrected chi connectivity index (χ0v) is 10.1. The summed E-state index contributed by atoms with van der Waals surface area (Å²) < 4.78 is 10.0. The van der Waals surface area contributed by atoms with Crippen LogP contribution in [0.25, 0.3) is 0 Å². The van der Waals surface area contributed by atoms with Crippen LogP contribution in [0.2, 0.25) is 0 Å². The van der Waals surface area contributed by atoms with Gasteiger partial charge in [0.25, 0.3) is 0 Å². The molecule has 0 atom stereocenters. The molecular formula is C12H20O4. The van der Waals surface area contributed by atoms with Crippen LogP contribution in [-0.4, -0.2) is 24.6 Å². The smallest absolute Gasteiger partial charge is 0.305 e. The third-order valence-electron chi connectivity index (χ3n) is 3.14. The Kier molecular flexibility index (Phi) is 4.77. The first kappa shape index (κ1) is 13.0. The minimum absolute atomic E-state index is 0.239. The third kappa shape index (κ3) is 3.83. The maximum Gasteiger partial charge on any atom is 0.305 e. The summed E-state index contributed by atoms with van der Waals surface area (Å²) in [5, 5.41) is 0. The summed E-state index contributed by atoms with van der Waals surface area (Å²) in [4.78, 5) is 22.2. The molecule has 0 aliphatic heterocycles. The number of ether oxygens (including phenoxy) is 2. The average Bonchev–Trinajstić information content (AvgIpc) is 2.26. The topological polar surface area (TPSA) is 52.6 Å². The summed E-state index contributed by atoms with van der Waals surface area (Å²) in [6, 6.07) is 0. The first-order chi connectivity index (χ1) is 7.58. The first-order valence-corrected chi connectivity index (χ1v) is 5.84. The molecule has 0 aromatic carbocycles. The maximum absolute atomic E-state index is 11.1. The number of hydrogen-bond donors (Lipinski definition) is 0. The van der Waals surface area contributed by atoms with Crippen molar-refractivity contribution in [3.05, 3.63) is 0 Å². The summed E-state index contributed by atoms with van der Waals surface area (Å²) in [6.07, 6.45) is 5.94. The van der Waals surface area contributed by atoms with Crippen molar-refractivity contribution in [3.63, 3.8) is 0 Å². The third-order valence-corrected chi connectivity index (χ3v) is 3.14. The lowest BCUT2D eigenvalue weighted by Crippen LogP contribution is -2.37. The van der Waals surface area contributed by atoms with E-state index in [1.165, 1.54) is 20.5 Å². The van der Waals surface area contributed by atoms with Crippen molar-refractivity contribution in [2.45, 2.75) is 57.5 Å². The van der Waals surface area contributed by atoms with Crippen LogP contribution in [0.5, 0.6) is 0 Å². The van der Waals surface area contributed by atoms with Gasteiger partial charge in [0.15, 0.2) is 0 Å². The van der Waals surface area contributed by atoms with Gasteiger partial charge in [-0.1, -0.05) is 6.42 Å². The Bertz CT molecular complexity index is 254. The molecule has 1 saturated carbocycles. The van der Waals surface area contributed by atoms with E-state index in [0.29, 0.717) is 12.8 Å². The number of carbonyl (C=O) groups excluding carboxylic acids is 2. The molecule has 0 unspecified atom stereocenters. The highest BCUT2D eigenvalue weighted by Crippen LogP contribution is 2.35. The van der Waals surface area contributed by atoms with Crippen LogP contribution < -0.4 is 0 Å². The van der Waals surface area contributed by atoms with Gasteiger partial charge in [0.2, 0.25) is 0 Å². The monoisotopic (exact) mass is 228 g/mol. The highest BCUT2D eigenvalue weighted by molar-refractivity contribution is 5.69. The van der Waals surface area contributed by atoms with Gasteiger partial charge in [-0.15, -0.1) is 0 Å². The van der Waals surface area contributed by atoms with Crippen molar-refractivity contribution in [2.75, 3.05) is 7.11 Å². The lowest BCUT2D eigenvalue weighted by Gasteiger charge is -2.36. The predicted molar refractivity (Wildman–Crippen MR) is 58.8 cm³/mol. The molecule has 16 heavy (non-hydrogen) atoms. The van der Waals surface area contributed by atoms with Gasteiger partial charge < -0.3 is 9.47 Å². The van der Waals surface area contributed by atoms with Gasteiger partial charge in [0.1, 0.15) is 5.60 Å². The van der Waals surface area contributed by atoms with Crippen LogP contribution in [0.1, 0.15) is 51.9 Å². The average molecular weight is 228 g/mol. The van der Waals surface area contributed by atoms with Crippen LogP contribution >= 0.6 is 0 Å². The molecule has 0 radical (unpaired) electrons. The Morgan fingerprint density at radius 2 is 1.81 bits per heavy atom. The van der Waals surface area contributed by atoms with Gasteiger partial charge in [-0.05, 0) is 32.1 Å². The molecule has 1 aliphatic rings. The molecule has 4 heteroatoms. The van der Waals surface area contributed by atoms with Gasteiger partial charge in [-0.3, -0.25) is 9.59 Å². The molecule has 1 aliphatic carbocycles. The van der Waals surface area contributed by atoms with Gasteiger partial charge in [0.05, 0.1) is 7.11 Å². The quantitative estimate of drug-likeness (QED) is 0.692. The van der Waals surface area contributed by atoms with Crippen molar-refractivity contribution in [3.8, 4) is 0 Å². The summed E-state index contributed by atoms with van der Waals surface area (Å²) in [5.74, 6) is -0.496. The molecule has 0 saturated heterocycles. The van der Waals surface area contributed by atoms with E-state index in [0.717, 1.165) is 25.7 Å². The summed E-state index contributed by atoms with van der Waals surface area (Å²) in [6.45, 7) is 1.43. The van der Waals surface area contributed by atoms with Crippen molar-refractivity contribution in [1.29, 1.82) is 0 Å². The van der Waals surface area contributed by atoms with Crippen molar-refractivity contribution in [1.82, 2.24) is 0 Å². The Balaban J connectivity index is 2.55. The predicted octanol–water partition coefficient (Wildman–Crippen LogP) is 2.21. The second kappa shape index (κ2) is 5.87. The SMILES string of the molecule is COC(=O)CCC1(OC(C)=O)CCCCC1. The number of hydrogen-bond acceptors (Lipinski definition) is 4. The second-order valence-electron chi connectivity index (χ2n) is 4.41. The second-order valence-corrected chi connectivity index (χ2v) is 4.41. The van der Waals surface area contributed by atoms with Gasteiger partial charge in [0, 0.05) is 13.3 Å². The Morgan fingerprint density at radius 3 is 2.31 bits per heavy atom. The minimum atomic E-state index is -0.418. The molecule has 0 spiro atoms. The highest BCUT2D eigenvalue weighted by Gasteiger charge is 2.35. The number of carbonyl (C=O) groups is 2. The first-order valence-electron chi connectivity index (χ1n) is 5.84. The molecule has 1 fully saturated rings. The molecule has 0 bridgehead atoms. The van der Waals surface area contributed by atoms with E-state index in [-0.39, 0.29) is 11.9 Å². The van der Waals surface area contributed by atoms with E-state index in [1.807, 2.05) is 0 Å². The van der Waals surface area contributed by atoms with Crippen molar-refractivity contribution < 1.29 is 19.1 Å². The minimum Gasteiger partial charge on any atom is -0.469 e. The molecule has 0 amide bonds. The standard InChI is InChI=1S/C12H20O4/c1-10(13)16-12(7-4-3-5-8-12)9-6-11(14)15-2/h3-9H2,1-2H3. The van der Waals surface area contributed by atoms with Crippen LogP contribution in [0.3, 0.4) is 0 Å². The number of rotatable bonds is 4. The Hall–Kier alpha value is -1.06. The summed E-state index contributed by atoms with van der Waals surface area (Å²) >= 11 is 0. The fraction of sp³-hybridized carbons (Fsp3) is 0.833. The number of esters is 2. The molecule has 1 rings (SSSR count). The van der Waals surface area contributed by atoms with E-state index in [9.17, 15) is 9.59 Å². The van der Waals surface area contributed by atoms with Crippen LogP contribution in [0.4, 0.5) is 0 Å². The maximum atomic E-state index is 11.1. The van der Waals surface area contributed by atoms with Crippen molar-refractivity contribution in [2.24, 2.45) is 0 Å². The van der Waals surface area contributed by atoms with Gasteiger partial charge >= 0.3 is 11.9 Å². The highest BCUT2D eigenvalue weighted by atomic mass is 16.6. The van der Waals surface area contributed by atoms with Crippen LogP contribution in [-0.2, 0) is 19.1 Å². The summed E-state index contributed by atoms with van der Waals surface area (Å²) in [5.41, 5.74) is -0.418. The molecule has 0 heterocycles. The zero-order valence-electron chi connectivity index (χ0n) is 10.1. The van der Waals surface area contributed by atoms with E-state index in [1.54, 1.807) is 0 Å². The summed E-state index contributed by atoms with van der Waals surface area (Å²) in [7, 11) is 1.38. The molecule has 0 aromatic rings. The molecule has 92 valence electrons. The fourth-order valence-electron chi connectivity index (χ4n) is 2.34. The largest absolute Gasteiger partial charge is 0.469 e. The van der Waals surface area contributed by atoms with E-state index >= 15 is 0 Å². The molecular weight excluding hydrogens is 208 g/mol. The Morgan fingerprint density at radius 1 is 1.19 bits per heavy atom. The van der Waals surface area contributed by atoms with Gasteiger partial charge in [-0.25, -0.2) is 0 Å². The van der Waals surface area contributed by atoms with E-state index in [2.05, 4.69) is 4.74 Å². The van der Waals surface area contributed by atoms with Crippen molar-refractivity contribution >= 4 is 11.9 Å². The van der Waals surface area contributed by atoms with E-state index in [4.69, 9.17) is 4.74 Å². The van der Waals surface area contributed by atoms with E-state index < -0.39 is 5.60 Å². The number of methoxy groups -OCH3 is 1. The molecule has 0 aromatic heterocycles. The lowest BCUT2D eigenvalue weighted by molar-refractivity contribution is -0.164.